The highest BCUT2D eigenvalue weighted by Gasteiger charge is 2.23. The van der Waals surface area contributed by atoms with E-state index in [2.05, 4.69) is 26.1 Å². The lowest BCUT2D eigenvalue weighted by Gasteiger charge is -2.08. The molecular weight excluding hydrogens is 448 g/mol. The number of ether oxygens (including phenoxy) is 1. The molecule has 0 unspecified atom stereocenters. The van der Waals surface area contributed by atoms with E-state index in [1.165, 1.54) is 4.88 Å². The van der Waals surface area contributed by atoms with E-state index in [1.54, 1.807) is 17.7 Å². The number of rotatable bonds is 2. The Morgan fingerprint density at radius 3 is 2.96 bits per heavy atom. The van der Waals surface area contributed by atoms with Crippen LogP contribution in [0, 0.1) is 0 Å². The van der Waals surface area contributed by atoms with Crippen molar-refractivity contribution in [2.75, 3.05) is 6.61 Å². The van der Waals surface area contributed by atoms with E-state index in [9.17, 15) is 0 Å². The molecule has 0 bridgehead atoms. The molecule has 0 atom stereocenters. The molecule has 1 aliphatic rings. The number of hydrogen-bond donors (Lipinski definition) is 0. The third kappa shape index (κ3) is 2.96. The van der Waals surface area contributed by atoms with Gasteiger partial charge in [0.1, 0.15) is 12.1 Å². The minimum Gasteiger partial charge on any atom is -0.492 e. The van der Waals surface area contributed by atoms with E-state index in [4.69, 9.17) is 21.3 Å². The molecule has 0 saturated heterocycles. The van der Waals surface area contributed by atoms with Gasteiger partial charge < -0.3 is 4.74 Å². The van der Waals surface area contributed by atoms with Crippen molar-refractivity contribution in [1.29, 1.82) is 0 Å². The largest absolute Gasteiger partial charge is 0.492 e. The zero-order valence-corrected chi connectivity index (χ0v) is 17.1. The molecule has 134 valence electrons. The van der Waals surface area contributed by atoms with Crippen molar-refractivity contribution >= 4 is 38.9 Å². The molecule has 0 radical (unpaired) electrons. The van der Waals surface area contributed by atoms with Crippen molar-refractivity contribution in [3.8, 4) is 33.5 Å². The Kier molecular flexibility index (Phi) is 4.22. The molecule has 1 aliphatic heterocycles. The highest BCUT2D eigenvalue weighted by molar-refractivity contribution is 9.10. The molecule has 0 amide bonds. The Morgan fingerprint density at radius 2 is 2.07 bits per heavy atom. The summed E-state index contributed by atoms with van der Waals surface area (Å²) >= 11 is 11.5. The Hall–Kier alpha value is -2.22. The van der Waals surface area contributed by atoms with Crippen LogP contribution in [0.15, 0.2) is 53.3 Å². The fourth-order valence-corrected chi connectivity index (χ4v) is 4.70. The first-order valence-electron chi connectivity index (χ1n) is 8.28. The van der Waals surface area contributed by atoms with Gasteiger partial charge in [0.15, 0.2) is 10.8 Å². The van der Waals surface area contributed by atoms with Gasteiger partial charge in [-0.2, -0.15) is 0 Å². The topological polar surface area (TPSA) is 52.8 Å². The van der Waals surface area contributed by atoms with Crippen LogP contribution in [0.3, 0.4) is 0 Å². The number of fused-ring (bicyclic) bond motifs is 3. The Bertz CT molecular complexity index is 1160. The molecule has 4 aromatic rings. The van der Waals surface area contributed by atoms with Crippen LogP contribution in [-0.4, -0.2) is 26.4 Å². The summed E-state index contributed by atoms with van der Waals surface area (Å²) in [5.74, 6) is 1.52. The van der Waals surface area contributed by atoms with Gasteiger partial charge in [-0.05, 0) is 30.3 Å². The van der Waals surface area contributed by atoms with Crippen molar-refractivity contribution in [2.45, 2.75) is 6.42 Å². The van der Waals surface area contributed by atoms with E-state index in [-0.39, 0.29) is 0 Å². The first kappa shape index (κ1) is 16.9. The Labute approximate surface area is 172 Å². The molecule has 2 aromatic heterocycles. The Balaban J connectivity index is 1.65. The maximum Gasteiger partial charge on any atom is 0.197 e. The van der Waals surface area contributed by atoms with Crippen LogP contribution in [0.1, 0.15) is 4.88 Å². The second-order valence-corrected chi connectivity index (χ2v) is 8.41. The highest BCUT2D eigenvalue weighted by Crippen LogP contribution is 2.41. The number of nitrogens with zero attached hydrogens (tertiary/aromatic N) is 4. The summed E-state index contributed by atoms with van der Waals surface area (Å²) in [6.07, 6.45) is 2.47. The standard InChI is InChI=1S/C19H12BrClN4OS/c20-11-5-6-12-15(9-11)26-8-7-16-17(12)23-19(27-16)18-24-22-10-25(18)14-4-2-1-3-13(14)21/h1-6,9-10H,7-8H2. The van der Waals surface area contributed by atoms with Crippen LogP contribution in [0.2, 0.25) is 5.02 Å². The predicted octanol–water partition coefficient (Wildman–Crippen LogP) is 5.41. The van der Waals surface area contributed by atoms with Crippen LogP contribution in [0.4, 0.5) is 0 Å². The maximum absolute atomic E-state index is 6.37. The van der Waals surface area contributed by atoms with E-state index < -0.39 is 0 Å². The lowest BCUT2D eigenvalue weighted by atomic mass is 10.1. The van der Waals surface area contributed by atoms with Gasteiger partial charge in [0.05, 0.1) is 23.0 Å². The van der Waals surface area contributed by atoms with Crippen LogP contribution >= 0.6 is 38.9 Å². The smallest absolute Gasteiger partial charge is 0.197 e. The van der Waals surface area contributed by atoms with Gasteiger partial charge in [-0.3, -0.25) is 4.57 Å². The van der Waals surface area contributed by atoms with Crippen LogP contribution in [0.5, 0.6) is 5.75 Å². The number of hydrogen-bond acceptors (Lipinski definition) is 5. The molecule has 3 heterocycles. The number of halogens is 2. The molecular formula is C19H12BrClN4OS. The lowest BCUT2D eigenvalue weighted by Crippen LogP contribution is -1.98. The summed E-state index contributed by atoms with van der Waals surface area (Å²) in [5.41, 5.74) is 2.78. The number of thiazole rings is 1. The summed E-state index contributed by atoms with van der Waals surface area (Å²) < 4.78 is 8.75. The maximum atomic E-state index is 6.37. The summed E-state index contributed by atoms with van der Waals surface area (Å²) in [5, 5.41) is 9.84. The van der Waals surface area contributed by atoms with E-state index >= 15 is 0 Å². The van der Waals surface area contributed by atoms with Crippen molar-refractivity contribution in [2.24, 2.45) is 0 Å². The second-order valence-electron chi connectivity index (χ2n) is 6.01. The monoisotopic (exact) mass is 458 g/mol. The van der Waals surface area contributed by atoms with Gasteiger partial charge in [0, 0.05) is 21.3 Å². The first-order valence-corrected chi connectivity index (χ1v) is 10.3. The first-order chi connectivity index (χ1) is 13.2. The quantitative estimate of drug-likeness (QED) is 0.402. The van der Waals surface area contributed by atoms with Gasteiger partial charge in [-0.15, -0.1) is 21.5 Å². The number of para-hydroxylation sites is 1. The molecule has 2 aromatic carbocycles. The van der Waals surface area contributed by atoms with E-state index in [0.717, 1.165) is 38.6 Å². The van der Waals surface area contributed by atoms with Crippen molar-refractivity contribution in [3.05, 3.63) is 63.2 Å². The zero-order chi connectivity index (χ0) is 18.4. The normalized spacial score (nSPS) is 12.8. The van der Waals surface area contributed by atoms with Crippen molar-refractivity contribution in [3.63, 3.8) is 0 Å². The van der Waals surface area contributed by atoms with Gasteiger partial charge in [0.2, 0.25) is 0 Å². The molecule has 27 heavy (non-hydrogen) atoms. The van der Waals surface area contributed by atoms with Gasteiger partial charge >= 0.3 is 0 Å². The fraction of sp³-hybridized carbons (Fsp3) is 0.105. The fourth-order valence-electron chi connectivity index (χ4n) is 3.10. The second kappa shape index (κ2) is 6.74. The molecule has 0 N–H and O–H groups in total. The van der Waals surface area contributed by atoms with E-state index in [0.29, 0.717) is 17.5 Å². The van der Waals surface area contributed by atoms with Crippen LogP contribution < -0.4 is 4.74 Å². The molecule has 0 fully saturated rings. The molecule has 5 nitrogen and oxygen atoms in total. The summed E-state index contributed by atoms with van der Waals surface area (Å²) in [6, 6.07) is 13.6. The van der Waals surface area contributed by atoms with E-state index in [1.807, 2.05) is 47.0 Å². The lowest BCUT2D eigenvalue weighted by molar-refractivity contribution is 0.327. The third-order valence-corrected chi connectivity index (χ3v) is 6.26. The van der Waals surface area contributed by atoms with Crippen molar-refractivity contribution in [1.82, 2.24) is 19.7 Å². The predicted molar refractivity (Wildman–Crippen MR) is 110 cm³/mol. The molecule has 0 saturated carbocycles. The van der Waals surface area contributed by atoms with Crippen LogP contribution in [-0.2, 0) is 6.42 Å². The summed E-state index contributed by atoms with van der Waals surface area (Å²) in [6.45, 7) is 0.620. The number of benzene rings is 2. The van der Waals surface area contributed by atoms with Crippen molar-refractivity contribution < 1.29 is 4.74 Å². The third-order valence-electron chi connectivity index (χ3n) is 4.33. The van der Waals surface area contributed by atoms with Gasteiger partial charge in [-0.1, -0.05) is 39.7 Å². The summed E-state index contributed by atoms with van der Waals surface area (Å²) in [7, 11) is 0. The van der Waals surface area contributed by atoms with Gasteiger partial charge in [-0.25, -0.2) is 4.98 Å². The van der Waals surface area contributed by atoms with Crippen LogP contribution in [0.25, 0.3) is 27.8 Å². The SMILES string of the molecule is Clc1ccccc1-n1cnnc1-c1nc2c(s1)CCOc1cc(Br)ccc1-2. The average Bonchev–Trinajstić information content (AvgIpc) is 3.26. The van der Waals surface area contributed by atoms with Gasteiger partial charge in [0.25, 0.3) is 0 Å². The molecule has 0 spiro atoms. The minimum absolute atomic E-state index is 0.620. The number of aromatic nitrogens is 4. The molecule has 5 rings (SSSR count). The average molecular weight is 460 g/mol. The zero-order valence-electron chi connectivity index (χ0n) is 13.9. The molecule has 0 aliphatic carbocycles. The molecule has 8 heteroatoms. The minimum atomic E-state index is 0.620. The highest BCUT2D eigenvalue weighted by atomic mass is 79.9. The summed E-state index contributed by atoms with van der Waals surface area (Å²) in [4.78, 5) is 6.08. The Morgan fingerprint density at radius 1 is 1.19 bits per heavy atom.